The lowest BCUT2D eigenvalue weighted by Gasteiger charge is -2.45. The Bertz CT molecular complexity index is 726. The van der Waals surface area contributed by atoms with E-state index in [1.54, 1.807) is 26.0 Å². The Balaban J connectivity index is 2.08. The standard InChI is InChI=1S/C20H32N2O3S/c1-15(2)26(24,25)18-10-8-17(9-11-18)19(23)21-14-20(22(4)5)12-6-7-16(3)13-20/h8-11,15-16H,6-7,12-14H2,1-5H3,(H,21,23). The van der Waals surface area contributed by atoms with Gasteiger partial charge >= 0.3 is 0 Å². The van der Waals surface area contributed by atoms with E-state index in [1.807, 2.05) is 0 Å². The van der Waals surface area contributed by atoms with Gasteiger partial charge in [0, 0.05) is 17.6 Å². The first-order chi connectivity index (χ1) is 12.1. The smallest absolute Gasteiger partial charge is 0.251 e. The lowest BCUT2D eigenvalue weighted by atomic mass is 9.75. The van der Waals surface area contributed by atoms with Crippen LogP contribution in [0, 0.1) is 5.92 Å². The summed E-state index contributed by atoms with van der Waals surface area (Å²) in [4.78, 5) is 15.0. The third-order valence-electron chi connectivity index (χ3n) is 5.66. The van der Waals surface area contributed by atoms with Crippen LogP contribution in [0.4, 0.5) is 0 Å². The van der Waals surface area contributed by atoms with Gasteiger partial charge in [-0.25, -0.2) is 8.42 Å². The Morgan fingerprint density at radius 1 is 1.27 bits per heavy atom. The Kier molecular flexibility index (Phi) is 6.51. The molecule has 0 radical (unpaired) electrons. The molecule has 1 aromatic rings. The van der Waals surface area contributed by atoms with Crippen LogP contribution in [0.5, 0.6) is 0 Å². The van der Waals surface area contributed by atoms with Gasteiger partial charge in [-0.15, -0.1) is 0 Å². The molecule has 0 spiro atoms. The van der Waals surface area contributed by atoms with E-state index >= 15 is 0 Å². The molecule has 0 saturated heterocycles. The van der Waals surface area contributed by atoms with Crippen molar-refractivity contribution in [2.24, 2.45) is 5.92 Å². The summed E-state index contributed by atoms with van der Waals surface area (Å²) in [5.74, 6) is 0.501. The lowest BCUT2D eigenvalue weighted by Crippen LogP contribution is -2.55. The normalized spacial score (nSPS) is 24.0. The van der Waals surface area contributed by atoms with E-state index in [4.69, 9.17) is 0 Å². The van der Waals surface area contributed by atoms with Gasteiger partial charge in [0.15, 0.2) is 9.84 Å². The van der Waals surface area contributed by atoms with E-state index in [9.17, 15) is 13.2 Å². The SMILES string of the molecule is CC1CCCC(CNC(=O)c2ccc(S(=O)(=O)C(C)C)cc2)(N(C)C)C1. The summed E-state index contributed by atoms with van der Waals surface area (Å²) < 4.78 is 24.4. The second kappa shape index (κ2) is 8.09. The molecule has 0 aromatic heterocycles. The molecular formula is C20H32N2O3S. The van der Waals surface area contributed by atoms with E-state index < -0.39 is 15.1 Å². The first-order valence-corrected chi connectivity index (χ1v) is 10.9. The zero-order valence-electron chi connectivity index (χ0n) is 16.6. The second-order valence-electron chi connectivity index (χ2n) is 8.12. The zero-order chi connectivity index (χ0) is 19.5. The third-order valence-corrected chi connectivity index (χ3v) is 7.83. The molecule has 2 unspecified atom stereocenters. The van der Waals surface area contributed by atoms with Crippen LogP contribution in [0.3, 0.4) is 0 Å². The maximum absolute atomic E-state index is 12.5. The molecule has 26 heavy (non-hydrogen) atoms. The van der Waals surface area contributed by atoms with Crippen molar-refractivity contribution in [3.8, 4) is 0 Å². The van der Waals surface area contributed by atoms with Crippen LogP contribution in [-0.4, -0.2) is 50.7 Å². The molecule has 2 rings (SSSR count). The highest BCUT2D eigenvalue weighted by Gasteiger charge is 2.37. The molecule has 1 aliphatic rings. The number of carbonyl (C=O) groups is 1. The molecule has 1 amide bonds. The number of nitrogens with one attached hydrogen (secondary N) is 1. The number of benzene rings is 1. The summed E-state index contributed by atoms with van der Waals surface area (Å²) >= 11 is 0. The average Bonchev–Trinajstić information content (AvgIpc) is 2.59. The van der Waals surface area contributed by atoms with Gasteiger partial charge < -0.3 is 10.2 Å². The second-order valence-corrected chi connectivity index (χ2v) is 10.6. The van der Waals surface area contributed by atoms with E-state index in [-0.39, 0.29) is 16.3 Å². The highest BCUT2D eigenvalue weighted by Crippen LogP contribution is 2.35. The number of nitrogens with zero attached hydrogens (tertiary/aromatic N) is 1. The Morgan fingerprint density at radius 2 is 1.88 bits per heavy atom. The fourth-order valence-corrected chi connectivity index (χ4v) is 4.83. The van der Waals surface area contributed by atoms with Crippen molar-refractivity contribution in [1.29, 1.82) is 0 Å². The summed E-state index contributed by atoms with van der Waals surface area (Å²) in [6.07, 6.45) is 4.58. The molecular weight excluding hydrogens is 348 g/mol. The first kappa shape index (κ1) is 20.9. The molecule has 146 valence electrons. The van der Waals surface area contributed by atoms with Gasteiger partial charge in [0.25, 0.3) is 5.91 Å². The number of likely N-dealkylation sites (N-methyl/N-ethyl adjacent to an activating group) is 1. The monoisotopic (exact) mass is 380 g/mol. The van der Waals surface area contributed by atoms with Crippen LogP contribution < -0.4 is 5.32 Å². The lowest BCUT2D eigenvalue weighted by molar-refractivity contribution is 0.0675. The van der Waals surface area contributed by atoms with Crippen molar-refractivity contribution in [1.82, 2.24) is 10.2 Å². The molecule has 6 heteroatoms. The third kappa shape index (κ3) is 4.46. The van der Waals surface area contributed by atoms with Gasteiger partial charge in [0.05, 0.1) is 10.1 Å². The van der Waals surface area contributed by atoms with Gasteiger partial charge in [0.1, 0.15) is 0 Å². The largest absolute Gasteiger partial charge is 0.350 e. The molecule has 1 aromatic carbocycles. The molecule has 1 N–H and O–H groups in total. The van der Waals surface area contributed by atoms with Gasteiger partial charge in [-0.1, -0.05) is 19.8 Å². The van der Waals surface area contributed by atoms with Crippen molar-refractivity contribution in [3.05, 3.63) is 29.8 Å². The molecule has 2 atom stereocenters. The van der Waals surface area contributed by atoms with Crippen LogP contribution >= 0.6 is 0 Å². The number of hydrogen-bond donors (Lipinski definition) is 1. The summed E-state index contributed by atoms with van der Waals surface area (Å²) in [7, 11) is 0.844. The van der Waals surface area contributed by atoms with E-state index in [1.165, 1.54) is 25.0 Å². The minimum Gasteiger partial charge on any atom is -0.350 e. The van der Waals surface area contributed by atoms with Crippen LogP contribution in [0.15, 0.2) is 29.2 Å². The van der Waals surface area contributed by atoms with Crippen LogP contribution in [0.25, 0.3) is 0 Å². The van der Waals surface area contributed by atoms with Crippen LogP contribution in [-0.2, 0) is 9.84 Å². The molecule has 5 nitrogen and oxygen atoms in total. The van der Waals surface area contributed by atoms with Gasteiger partial charge in [0.2, 0.25) is 0 Å². The quantitative estimate of drug-likeness (QED) is 0.823. The molecule has 0 heterocycles. The average molecular weight is 381 g/mol. The Hall–Kier alpha value is -1.40. The maximum atomic E-state index is 12.5. The number of rotatable bonds is 6. The summed E-state index contributed by atoms with van der Waals surface area (Å²) in [6, 6.07) is 6.23. The Labute approximate surface area is 158 Å². The molecule has 0 aliphatic heterocycles. The fraction of sp³-hybridized carbons (Fsp3) is 0.650. The Morgan fingerprint density at radius 3 is 2.38 bits per heavy atom. The number of amides is 1. The molecule has 1 fully saturated rings. The molecule has 0 bridgehead atoms. The van der Waals surface area contributed by atoms with Crippen molar-refractivity contribution in [2.75, 3.05) is 20.6 Å². The minimum atomic E-state index is -3.31. The van der Waals surface area contributed by atoms with E-state index in [0.717, 1.165) is 12.8 Å². The molecule has 1 saturated carbocycles. The topological polar surface area (TPSA) is 66.5 Å². The fourth-order valence-electron chi connectivity index (χ4n) is 3.77. The van der Waals surface area contributed by atoms with Crippen LogP contribution in [0.2, 0.25) is 0 Å². The number of carbonyl (C=O) groups excluding carboxylic acids is 1. The van der Waals surface area contributed by atoms with Crippen molar-refractivity contribution in [3.63, 3.8) is 0 Å². The highest BCUT2D eigenvalue weighted by atomic mass is 32.2. The van der Waals surface area contributed by atoms with Crippen LogP contribution in [0.1, 0.15) is 56.8 Å². The van der Waals surface area contributed by atoms with Crippen molar-refractivity contribution < 1.29 is 13.2 Å². The minimum absolute atomic E-state index is 0.00571. The van der Waals surface area contributed by atoms with Crippen molar-refractivity contribution >= 4 is 15.7 Å². The maximum Gasteiger partial charge on any atom is 0.251 e. The summed E-state index contributed by atoms with van der Waals surface area (Å²) in [5, 5.41) is 2.59. The first-order valence-electron chi connectivity index (χ1n) is 9.38. The summed E-state index contributed by atoms with van der Waals surface area (Å²) in [6.45, 7) is 6.19. The highest BCUT2D eigenvalue weighted by molar-refractivity contribution is 7.92. The van der Waals surface area contributed by atoms with E-state index in [2.05, 4.69) is 31.2 Å². The van der Waals surface area contributed by atoms with Gasteiger partial charge in [-0.05, 0) is 71.0 Å². The number of sulfone groups is 1. The van der Waals surface area contributed by atoms with E-state index in [0.29, 0.717) is 18.0 Å². The zero-order valence-corrected chi connectivity index (χ0v) is 17.4. The number of hydrogen-bond acceptors (Lipinski definition) is 4. The predicted octanol–water partition coefficient (Wildman–Crippen LogP) is 3.11. The summed E-state index contributed by atoms with van der Waals surface area (Å²) in [5.41, 5.74) is 0.485. The predicted molar refractivity (Wildman–Crippen MR) is 105 cm³/mol. The van der Waals surface area contributed by atoms with Gasteiger partial charge in [-0.2, -0.15) is 0 Å². The van der Waals surface area contributed by atoms with Crippen molar-refractivity contribution in [2.45, 2.75) is 62.1 Å². The molecule has 1 aliphatic carbocycles. The van der Waals surface area contributed by atoms with Gasteiger partial charge in [-0.3, -0.25) is 4.79 Å².